The third-order valence-electron chi connectivity index (χ3n) is 5.33. The Kier molecular flexibility index (Phi) is 4.41. The van der Waals surface area contributed by atoms with E-state index < -0.39 is 0 Å². The van der Waals surface area contributed by atoms with E-state index in [9.17, 15) is 9.59 Å². The second-order valence-corrected chi connectivity index (χ2v) is 7.15. The molecule has 3 N–H and O–H groups in total. The van der Waals surface area contributed by atoms with Crippen molar-refractivity contribution in [3.8, 4) is 5.75 Å². The first-order chi connectivity index (χ1) is 12.7. The Bertz CT molecular complexity index is 855. The number of amides is 2. The molecule has 26 heavy (non-hydrogen) atoms. The number of fused-ring (bicyclic) bond motifs is 1. The maximum atomic E-state index is 12.5. The number of rotatable bonds is 2. The van der Waals surface area contributed by atoms with Crippen molar-refractivity contribution in [1.82, 2.24) is 10.3 Å². The highest BCUT2D eigenvalue weighted by Crippen LogP contribution is 2.45. The van der Waals surface area contributed by atoms with E-state index in [4.69, 9.17) is 4.74 Å². The summed E-state index contributed by atoms with van der Waals surface area (Å²) in [6.45, 7) is 0. The average Bonchev–Trinajstić information content (AvgIpc) is 2.64. The number of para-hydroxylation sites is 1. The molecule has 2 amide bonds. The van der Waals surface area contributed by atoms with Crippen molar-refractivity contribution in [2.24, 2.45) is 0 Å². The SMILES string of the molecule is O=C(Nc1ccc[nH]c1=O)NC1CC2(CCCCC2)Oc2ccccc21. The van der Waals surface area contributed by atoms with Crippen LogP contribution < -0.4 is 20.9 Å². The van der Waals surface area contributed by atoms with Crippen LogP contribution in [0.4, 0.5) is 10.5 Å². The second kappa shape index (κ2) is 6.86. The number of aromatic nitrogens is 1. The molecule has 0 bridgehead atoms. The molecule has 2 aromatic rings. The summed E-state index contributed by atoms with van der Waals surface area (Å²) >= 11 is 0. The molecule has 2 aliphatic rings. The lowest BCUT2D eigenvalue weighted by molar-refractivity contribution is -0.000995. The lowest BCUT2D eigenvalue weighted by Crippen LogP contribution is -2.47. The van der Waals surface area contributed by atoms with E-state index >= 15 is 0 Å². The summed E-state index contributed by atoms with van der Waals surface area (Å²) in [5.41, 5.74) is 0.701. The van der Waals surface area contributed by atoms with Gasteiger partial charge in [-0.1, -0.05) is 24.6 Å². The van der Waals surface area contributed by atoms with Crippen LogP contribution in [0.5, 0.6) is 5.75 Å². The maximum Gasteiger partial charge on any atom is 0.319 e. The van der Waals surface area contributed by atoms with Crippen LogP contribution in [0.1, 0.15) is 50.1 Å². The van der Waals surface area contributed by atoms with Crippen LogP contribution in [-0.4, -0.2) is 16.6 Å². The molecule has 2 heterocycles. The minimum absolute atomic E-state index is 0.138. The van der Waals surface area contributed by atoms with E-state index in [-0.39, 0.29) is 28.9 Å². The van der Waals surface area contributed by atoms with Crippen molar-refractivity contribution in [3.63, 3.8) is 0 Å². The minimum atomic E-state index is -0.380. The number of urea groups is 1. The van der Waals surface area contributed by atoms with Crippen molar-refractivity contribution in [1.29, 1.82) is 0 Å². The molecular formula is C20H23N3O3. The number of hydrogen-bond acceptors (Lipinski definition) is 3. The van der Waals surface area contributed by atoms with E-state index in [0.717, 1.165) is 43.4 Å². The molecule has 0 saturated heterocycles. The number of ether oxygens (including phenoxy) is 1. The molecule has 1 unspecified atom stereocenters. The van der Waals surface area contributed by atoms with Gasteiger partial charge in [0.2, 0.25) is 0 Å². The van der Waals surface area contributed by atoms with Crippen molar-refractivity contribution < 1.29 is 9.53 Å². The van der Waals surface area contributed by atoms with Crippen LogP contribution in [0.2, 0.25) is 0 Å². The number of carbonyl (C=O) groups excluding carboxylic acids is 1. The fourth-order valence-electron chi connectivity index (χ4n) is 4.09. The fraction of sp³-hybridized carbons (Fsp3) is 0.400. The van der Waals surface area contributed by atoms with Crippen LogP contribution in [0, 0.1) is 0 Å². The van der Waals surface area contributed by atoms with Gasteiger partial charge < -0.3 is 20.4 Å². The molecule has 1 saturated carbocycles. The molecular weight excluding hydrogens is 330 g/mol. The largest absolute Gasteiger partial charge is 0.487 e. The van der Waals surface area contributed by atoms with Gasteiger partial charge in [-0.05, 0) is 43.9 Å². The normalized spacial score (nSPS) is 20.7. The molecule has 1 aromatic heterocycles. The number of hydrogen-bond donors (Lipinski definition) is 3. The van der Waals surface area contributed by atoms with Crippen LogP contribution >= 0.6 is 0 Å². The predicted molar refractivity (Wildman–Crippen MR) is 99.5 cm³/mol. The highest BCUT2D eigenvalue weighted by molar-refractivity contribution is 5.89. The molecule has 0 radical (unpaired) electrons. The Morgan fingerprint density at radius 2 is 1.92 bits per heavy atom. The molecule has 6 heteroatoms. The molecule has 1 fully saturated rings. The lowest BCUT2D eigenvalue weighted by atomic mass is 9.77. The van der Waals surface area contributed by atoms with Crippen molar-refractivity contribution in [2.75, 3.05) is 5.32 Å². The number of nitrogens with one attached hydrogen (secondary N) is 3. The summed E-state index contributed by atoms with van der Waals surface area (Å²) in [6.07, 6.45) is 7.86. The summed E-state index contributed by atoms with van der Waals surface area (Å²) in [5.74, 6) is 0.850. The van der Waals surface area contributed by atoms with E-state index in [0.29, 0.717) is 0 Å². The third-order valence-corrected chi connectivity index (χ3v) is 5.33. The van der Waals surface area contributed by atoms with Gasteiger partial charge in [0, 0.05) is 18.2 Å². The number of carbonyl (C=O) groups is 1. The van der Waals surface area contributed by atoms with Gasteiger partial charge >= 0.3 is 6.03 Å². The second-order valence-electron chi connectivity index (χ2n) is 7.15. The van der Waals surface area contributed by atoms with Gasteiger partial charge in [-0.3, -0.25) is 4.79 Å². The van der Waals surface area contributed by atoms with Crippen molar-refractivity contribution >= 4 is 11.7 Å². The Hall–Kier alpha value is -2.76. The van der Waals surface area contributed by atoms with Crippen LogP contribution in [0.15, 0.2) is 47.4 Å². The lowest BCUT2D eigenvalue weighted by Gasteiger charge is -2.44. The first-order valence-corrected chi connectivity index (χ1v) is 9.18. The fourth-order valence-corrected chi connectivity index (χ4v) is 4.09. The maximum absolute atomic E-state index is 12.5. The van der Waals surface area contributed by atoms with Gasteiger partial charge in [0.25, 0.3) is 5.56 Å². The van der Waals surface area contributed by atoms with Gasteiger partial charge in [-0.15, -0.1) is 0 Å². The van der Waals surface area contributed by atoms with Gasteiger partial charge in [-0.25, -0.2) is 4.79 Å². The summed E-state index contributed by atoms with van der Waals surface area (Å²) in [4.78, 5) is 26.8. The molecule has 4 rings (SSSR count). The molecule has 1 aliphatic heterocycles. The zero-order valence-electron chi connectivity index (χ0n) is 14.6. The van der Waals surface area contributed by atoms with Gasteiger partial charge in [0.15, 0.2) is 0 Å². The average molecular weight is 353 g/mol. The quantitative estimate of drug-likeness (QED) is 0.769. The van der Waals surface area contributed by atoms with Crippen LogP contribution in [0.25, 0.3) is 0 Å². The number of aromatic amines is 1. The third kappa shape index (κ3) is 3.31. The minimum Gasteiger partial charge on any atom is -0.487 e. The van der Waals surface area contributed by atoms with Crippen molar-refractivity contribution in [3.05, 3.63) is 58.5 Å². The standard InChI is InChI=1S/C20H23N3O3/c24-18-15(8-6-12-21-18)22-19(25)23-16-13-20(10-4-1-5-11-20)26-17-9-3-2-7-14(16)17/h2-3,6-9,12,16H,1,4-5,10-11,13H2,(H,21,24)(H2,22,23,25). The number of anilines is 1. The van der Waals surface area contributed by atoms with E-state index in [1.54, 1.807) is 12.1 Å². The number of H-pyrrole nitrogens is 1. The monoisotopic (exact) mass is 353 g/mol. The molecule has 1 atom stereocenters. The van der Waals surface area contributed by atoms with Crippen LogP contribution in [0.3, 0.4) is 0 Å². The smallest absolute Gasteiger partial charge is 0.319 e. The number of pyridine rings is 1. The highest BCUT2D eigenvalue weighted by Gasteiger charge is 2.42. The summed E-state index contributed by atoms with van der Waals surface area (Å²) in [5, 5.41) is 5.68. The van der Waals surface area contributed by atoms with E-state index in [2.05, 4.69) is 15.6 Å². The zero-order chi connectivity index (χ0) is 18.0. The van der Waals surface area contributed by atoms with E-state index in [1.165, 1.54) is 12.6 Å². The number of benzene rings is 1. The molecule has 6 nitrogen and oxygen atoms in total. The highest BCUT2D eigenvalue weighted by atomic mass is 16.5. The first-order valence-electron chi connectivity index (χ1n) is 9.18. The Morgan fingerprint density at radius 3 is 2.73 bits per heavy atom. The predicted octanol–water partition coefficient (Wildman–Crippen LogP) is 3.72. The first kappa shape index (κ1) is 16.7. The van der Waals surface area contributed by atoms with E-state index in [1.807, 2.05) is 24.3 Å². The topological polar surface area (TPSA) is 83.2 Å². The zero-order valence-corrected chi connectivity index (χ0v) is 14.6. The molecule has 1 spiro atoms. The summed E-state index contributed by atoms with van der Waals surface area (Å²) in [7, 11) is 0. The van der Waals surface area contributed by atoms with Crippen LogP contribution in [-0.2, 0) is 0 Å². The van der Waals surface area contributed by atoms with Gasteiger partial charge in [-0.2, -0.15) is 0 Å². The summed E-state index contributed by atoms with van der Waals surface area (Å²) < 4.78 is 6.38. The molecule has 136 valence electrons. The Labute approximate surface area is 152 Å². The van der Waals surface area contributed by atoms with Gasteiger partial charge in [0.05, 0.1) is 6.04 Å². The summed E-state index contributed by atoms with van der Waals surface area (Å²) in [6, 6.07) is 10.6. The van der Waals surface area contributed by atoms with Gasteiger partial charge in [0.1, 0.15) is 17.0 Å². The van der Waals surface area contributed by atoms with Crippen molar-refractivity contribution in [2.45, 2.75) is 50.2 Å². The Balaban J connectivity index is 1.55. The molecule has 1 aliphatic carbocycles. The molecule has 1 aromatic carbocycles. The Morgan fingerprint density at radius 1 is 1.12 bits per heavy atom.